The van der Waals surface area contributed by atoms with Crippen molar-refractivity contribution in [3.05, 3.63) is 63.4 Å². The number of halogens is 2. The first-order valence-corrected chi connectivity index (χ1v) is 13.3. The van der Waals surface area contributed by atoms with E-state index in [1.807, 2.05) is 13.1 Å². The van der Waals surface area contributed by atoms with Crippen LogP contribution in [0.2, 0.25) is 0 Å². The lowest BCUT2D eigenvalue weighted by Gasteiger charge is -2.34. The van der Waals surface area contributed by atoms with Crippen LogP contribution >= 0.6 is 11.3 Å². The monoisotopic (exact) mass is 538 g/mol. The number of anilines is 3. The number of carbonyl (C=O) groups is 1. The van der Waals surface area contributed by atoms with Crippen molar-refractivity contribution in [1.29, 1.82) is 0 Å². The third-order valence-corrected chi connectivity index (χ3v) is 7.58. The first-order chi connectivity index (χ1) is 18.2. The molecule has 4 aromatic rings. The van der Waals surface area contributed by atoms with Gasteiger partial charge in [0.05, 0.1) is 28.1 Å². The van der Waals surface area contributed by atoms with Gasteiger partial charge < -0.3 is 20.1 Å². The van der Waals surface area contributed by atoms with E-state index in [0.29, 0.717) is 39.2 Å². The van der Waals surface area contributed by atoms with Crippen LogP contribution < -0.4 is 15.8 Å². The summed E-state index contributed by atoms with van der Waals surface area (Å²) in [6.45, 7) is 0. The smallest absolute Gasteiger partial charge is 0.280 e. The molecule has 1 fully saturated rings. The summed E-state index contributed by atoms with van der Waals surface area (Å²) >= 11 is 1.30. The molecule has 0 unspecified atom stereocenters. The van der Waals surface area contributed by atoms with Crippen molar-refractivity contribution < 1.29 is 13.6 Å². The van der Waals surface area contributed by atoms with Gasteiger partial charge in [-0.1, -0.05) is 19.3 Å². The highest BCUT2D eigenvalue weighted by Crippen LogP contribution is 2.37. The van der Waals surface area contributed by atoms with Gasteiger partial charge in [0.2, 0.25) is 0 Å². The maximum absolute atomic E-state index is 13.7. The van der Waals surface area contributed by atoms with E-state index in [0.717, 1.165) is 37.4 Å². The minimum absolute atomic E-state index is 0.165. The molecule has 198 valence electrons. The molecule has 0 aliphatic heterocycles. The number of hydrogen-bond acceptors (Lipinski definition) is 7. The predicted octanol–water partition coefficient (Wildman–Crippen LogP) is 5.54. The van der Waals surface area contributed by atoms with E-state index in [9.17, 15) is 18.4 Å². The third kappa shape index (κ3) is 5.24. The number of hydrogen-bond donors (Lipinski definition) is 2. The molecule has 11 heteroatoms. The molecule has 0 spiro atoms. The van der Waals surface area contributed by atoms with Crippen molar-refractivity contribution >= 4 is 44.8 Å². The van der Waals surface area contributed by atoms with Gasteiger partial charge in [0.1, 0.15) is 11.6 Å². The molecule has 8 nitrogen and oxygen atoms in total. The number of amides is 1. The van der Waals surface area contributed by atoms with Crippen LogP contribution in [-0.4, -0.2) is 52.9 Å². The second-order valence-corrected chi connectivity index (χ2v) is 10.6. The molecule has 2 heterocycles. The molecule has 0 saturated heterocycles. The Labute approximate surface area is 222 Å². The highest BCUT2D eigenvalue weighted by molar-refractivity contribution is 7.14. The van der Waals surface area contributed by atoms with Crippen LogP contribution in [0, 0.1) is 11.6 Å². The maximum atomic E-state index is 13.7. The van der Waals surface area contributed by atoms with Gasteiger partial charge in [-0.25, -0.2) is 18.7 Å². The summed E-state index contributed by atoms with van der Waals surface area (Å²) in [6.07, 6.45) is 5.64. The average Bonchev–Trinajstić information content (AvgIpc) is 3.36. The van der Waals surface area contributed by atoms with E-state index in [1.54, 1.807) is 25.5 Å². The summed E-state index contributed by atoms with van der Waals surface area (Å²) in [5.74, 6) is -1.81. The summed E-state index contributed by atoms with van der Waals surface area (Å²) in [6, 6.07) is 7.28. The predicted molar refractivity (Wildman–Crippen MR) is 146 cm³/mol. The van der Waals surface area contributed by atoms with E-state index >= 15 is 0 Å². The number of thiazole rings is 1. The van der Waals surface area contributed by atoms with Gasteiger partial charge in [0.15, 0.2) is 10.8 Å². The number of carbonyl (C=O) groups excluding carboxylic acids is 1. The van der Waals surface area contributed by atoms with Crippen molar-refractivity contribution in [2.24, 2.45) is 0 Å². The highest BCUT2D eigenvalue weighted by Gasteiger charge is 2.23. The van der Waals surface area contributed by atoms with Gasteiger partial charge in [-0.15, -0.1) is 11.3 Å². The van der Waals surface area contributed by atoms with Crippen LogP contribution in [0.1, 0.15) is 42.6 Å². The topological polar surface area (TPSA) is 94.2 Å². The largest absolute Gasteiger partial charge is 0.370 e. The molecule has 1 aliphatic rings. The summed E-state index contributed by atoms with van der Waals surface area (Å²) in [5.41, 5.74) is 2.56. The van der Waals surface area contributed by atoms with Gasteiger partial charge in [0, 0.05) is 44.2 Å². The lowest BCUT2D eigenvalue weighted by atomic mass is 9.94. The summed E-state index contributed by atoms with van der Waals surface area (Å²) < 4.78 is 27.5. The Kier molecular flexibility index (Phi) is 7.11. The molecule has 0 radical (unpaired) electrons. The van der Waals surface area contributed by atoms with Gasteiger partial charge in [-0.2, -0.15) is 0 Å². The molecule has 0 atom stereocenters. The fraction of sp³-hybridized carbons (Fsp3) is 0.333. The molecular formula is C27H28F2N6O2S. The number of H-pyrrole nitrogens is 1. The van der Waals surface area contributed by atoms with Gasteiger partial charge >= 0.3 is 0 Å². The molecule has 1 aliphatic carbocycles. The molecular weight excluding hydrogens is 510 g/mol. The van der Waals surface area contributed by atoms with Crippen LogP contribution in [0.25, 0.3) is 22.3 Å². The maximum Gasteiger partial charge on any atom is 0.280 e. The summed E-state index contributed by atoms with van der Waals surface area (Å²) in [5, 5.41) is 5.58. The van der Waals surface area contributed by atoms with Crippen LogP contribution in [-0.2, 0) is 0 Å². The van der Waals surface area contributed by atoms with Crippen molar-refractivity contribution in [2.75, 3.05) is 31.4 Å². The van der Waals surface area contributed by atoms with Gasteiger partial charge in [-0.05, 0) is 37.1 Å². The molecule has 0 bridgehead atoms. The molecule has 1 saturated carbocycles. The number of fused-ring (bicyclic) bond motifs is 1. The Balaban J connectivity index is 1.57. The average molecular weight is 539 g/mol. The van der Waals surface area contributed by atoms with Gasteiger partial charge in [-0.3, -0.25) is 9.59 Å². The highest BCUT2D eigenvalue weighted by atomic mass is 32.1. The van der Waals surface area contributed by atoms with E-state index in [1.165, 1.54) is 34.8 Å². The van der Waals surface area contributed by atoms with Crippen LogP contribution in [0.3, 0.4) is 0 Å². The minimum Gasteiger partial charge on any atom is -0.370 e. The Morgan fingerprint density at radius 1 is 1.03 bits per heavy atom. The zero-order valence-electron chi connectivity index (χ0n) is 21.3. The first-order valence-electron chi connectivity index (χ1n) is 12.4. The minimum atomic E-state index is -0.669. The SMILES string of the molecule is CN(C)C(=O)c1nc2cc(N(C)C3CCCCC3)c(Nc3nc(-c4cc(F)cc(F)c4)cs3)cc2[nH]c1=O. The number of nitrogens with zero attached hydrogens (tertiary/aromatic N) is 4. The van der Waals surface area contributed by atoms with Crippen LogP contribution in [0.4, 0.5) is 25.3 Å². The number of nitrogens with one attached hydrogen (secondary N) is 2. The first kappa shape index (κ1) is 25.8. The number of benzene rings is 2. The number of rotatable bonds is 6. The summed E-state index contributed by atoms with van der Waals surface area (Å²) in [7, 11) is 5.18. The van der Waals surface area contributed by atoms with E-state index in [4.69, 9.17) is 0 Å². The fourth-order valence-electron chi connectivity index (χ4n) is 4.82. The standard InChI is InChI=1S/C27H28F2N6O2S/c1-34(2)26(37)24-25(36)31-19-12-21(23(13-20(19)30-24)35(3)18-7-5-4-6-8-18)32-27-33-22(14-38-27)15-9-16(28)11-17(29)10-15/h9-14,18H,4-8H2,1-3H3,(H,31,36)(H,32,33). The lowest BCUT2D eigenvalue weighted by molar-refractivity contribution is 0.0820. The van der Waals surface area contributed by atoms with Crippen LogP contribution in [0.5, 0.6) is 0 Å². The summed E-state index contributed by atoms with van der Waals surface area (Å²) in [4.78, 5) is 40.4. The van der Waals surface area contributed by atoms with Crippen molar-refractivity contribution in [2.45, 2.75) is 38.1 Å². The van der Waals surface area contributed by atoms with Crippen LogP contribution in [0.15, 0.2) is 40.5 Å². The lowest BCUT2D eigenvalue weighted by Crippen LogP contribution is -2.34. The fourth-order valence-corrected chi connectivity index (χ4v) is 5.55. The zero-order valence-corrected chi connectivity index (χ0v) is 22.2. The molecule has 2 N–H and O–H groups in total. The quantitative estimate of drug-likeness (QED) is 0.335. The Bertz CT molecular complexity index is 1540. The molecule has 38 heavy (non-hydrogen) atoms. The Hall–Kier alpha value is -3.86. The van der Waals surface area contributed by atoms with E-state index in [2.05, 4.69) is 25.2 Å². The molecule has 1 amide bonds. The molecule has 2 aromatic carbocycles. The molecule has 2 aromatic heterocycles. The zero-order chi connectivity index (χ0) is 27.0. The normalized spacial score (nSPS) is 14.0. The Morgan fingerprint density at radius 2 is 1.74 bits per heavy atom. The number of aromatic amines is 1. The van der Waals surface area contributed by atoms with Crippen molar-refractivity contribution in [1.82, 2.24) is 19.9 Å². The van der Waals surface area contributed by atoms with Gasteiger partial charge in [0.25, 0.3) is 11.5 Å². The molecule has 5 rings (SSSR count). The number of aromatic nitrogens is 3. The van der Waals surface area contributed by atoms with Crippen molar-refractivity contribution in [3.8, 4) is 11.3 Å². The van der Waals surface area contributed by atoms with Crippen molar-refractivity contribution in [3.63, 3.8) is 0 Å². The third-order valence-electron chi connectivity index (χ3n) is 6.82. The second kappa shape index (κ2) is 10.5. The van der Waals surface area contributed by atoms with E-state index < -0.39 is 23.1 Å². The second-order valence-electron chi connectivity index (χ2n) is 9.72. The Morgan fingerprint density at radius 3 is 2.42 bits per heavy atom. The van der Waals surface area contributed by atoms with E-state index in [-0.39, 0.29) is 5.69 Å².